The van der Waals surface area contributed by atoms with Crippen LogP contribution in [0.15, 0.2) is 47.9 Å². The number of hydrogen-bond donors (Lipinski definition) is 1. The molecule has 0 aromatic heterocycles. The van der Waals surface area contributed by atoms with Crippen molar-refractivity contribution < 1.29 is 9.53 Å². The first-order valence-corrected chi connectivity index (χ1v) is 5.01. The van der Waals surface area contributed by atoms with Gasteiger partial charge in [-0.3, -0.25) is 4.79 Å². The van der Waals surface area contributed by atoms with Crippen LogP contribution in [0, 0.1) is 0 Å². The Balaban J connectivity index is 2.21. The first kappa shape index (κ1) is 9.77. The second-order valence-corrected chi connectivity index (χ2v) is 3.35. The third-order valence-corrected chi connectivity index (χ3v) is 2.18. The predicted octanol–water partition coefficient (Wildman–Crippen LogP) is 1.81. The van der Waals surface area contributed by atoms with Gasteiger partial charge in [0.25, 0.3) is 5.91 Å². The van der Waals surface area contributed by atoms with Crippen molar-refractivity contribution in [2.75, 3.05) is 6.61 Å². The van der Waals surface area contributed by atoms with Crippen LogP contribution in [0.25, 0.3) is 0 Å². The number of nitrogens with one attached hydrogen (secondary N) is 1. The largest absolute Gasteiger partial charge is 0.482 e. The van der Waals surface area contributed by atoms with Crippen LogP contribution in [-0.2, 0) is 9.53 Å². The van der Waals surface area contributed by atoms with E-state index in [-0.39, 0.29) is 12.5 Å². The first-order valence-electron chi connectivity index (χ1n) is 5.01. The number of hydrogen-bond acceptors (Lipinski definition) is 2. The minimum absolute atomic E-state index is 0.0880. The molecule has 3 nitrogen and oxygen atoms in total. The van der Waals surface area contributed by atoms with Crippen molar-refractivity contribution in [3.05, 3.63) is 47.9 Å². The maximum absolute atomic E-state index is 11.1. The number of amides is 1. The number of ether oxygens (including phenoxy) is 1. The van der Waals surface area contributed by atoms with Gasteiger partial charge in [0.1, 0.15) is 5.76 Å². The summed E-state index contributed by atoms with van der Waals surface area (Å²) in [5, 5.41) is 2.81. The van der Waals surface area contributed by atoms with Gasteiger partial charge < -0.3 is 10.1 Å². The average molecular weight is 203 g/mol. The zero-order chi connectivity index (χ0) is 10.5. The number of rotatable bonds is 0. The Morgan fingerprint density at radius 1 is 1.13 bits per heavy atom. The Morgan fingerprint density at radius 3 is 2.67 bits per heavy atom. The highest BCUT2D eigenvalue weighted by atomic mass is 16.5. The average Bonchev–Trinajstić information content (AvgIpc) is 2.25. The van der Waals surface area contributed by atoms with E-state index in [0.29, 0.717) is 0 Å². The molecule has 0 unspecified atom stereocenters. The SMILES string of the molecule is O=C1COC2=CC/C=C\C=C/CC=C2N1. The lowest BCUT2D eigenvalue weighted by molar-refractivity contribution is -0.125. The van der Waals surface area contributed by atoms with Crippen LogP contribution in [0.1, 0.15) is 12.8 Å². The van der Waals surface area contributed by atoms with Gasteiger partial charge in [0.2, 0.25) is 0 Å². The zero-order valence-electron chi connectivity index (χ0n) is 8.40. The Labute approximate surface area is 88.8 Å². The van der Waals surface area contributed by atoms with Crippen LogP contribution < -0.4 is 5.32 Å². The molecule has 0 aromatic carbocycles. The van der Waals surface area contributed by atoms with E-state index in [1.807, 2.05) is 36.5 Å². The summed E-state index contributed by atoms with van der Waals surface area (Å²) in [6, 6.07) is 0. The van der Waals surface area contributed by atoms with Gasteiger partial charge in [-0.05, 0) is 18.9 Å². The molecule has 1 amide bonds. The normalized spacial score (nSPS) is 24.9. The summed E-state index contributed by atoms with van der Waals surface area (Å²) in [6.07, 6.45) is 13.6. The van der Waals surface area contributed by atoms with Crippen LogP contribution in [0.4, 0.5) is 0 Å². The van der Waals surface area contributed by atoms with Crippen molar-refractivity contribution in [3.8, 4) is 0 Å². The van der Waals surface area contributed by atoms with Crippen molar-refractivity contribution in [3.63, 3.8) is 0 Å². The number of fused-ring (bicyclic) bond motifs is 1. The van der Waals surface area contributed by atoms with Gasteiger partial charge in [-0.15, -0.1) is 0 Å². The minimum atomic E-state index is -0.0880. The summed E-state index contributed by atoms with van der Waals surface area (Å²) < 4.78 is 5.35. The molecule has 0 saturated carbocycles. The molecule has 0 spiro atoms. The van der Waals surface area contributed by atoms with Crippen molar-refractivity contribution >= 4 is 5.91 Å². The van der Waals surface area contributed by atoms with E-state index in [1.165, 1.54) is 0 Å². The van der Waals surface area contributed by atoms with Crippen molar-refractivity contribution in [1.29, 1.82) is 0 Å². The molecule has 1 fully saturated rings. The molecule has 15 heavy (non-hydrogen) atoms. The van der Waals surface area contributed by atoms with Gasteiger partial charge >= 0.3 is 0 Å². The molecule has 3 heteroatoms. The number of allylic oxidation sites excluding steroid dienone is 6. The maximum atomic E-state index is 11.1. The van der Waals surface area contributed by atoms with E-state index >= 15 is 0 Å². The highest BCUT2D eigenvalue weighted by Gasteiger charge is 2.17. The lowest BCUT2D eigenvalue weighted by Gasteiger charge is -2.20. The topological polar surface area (TPSA) is 38.3 Å². The van der Waals surface area contributed by atoms with E-state index in [4.69, 9.17) is 4.74 Å². The van der Waals surface area contributed by atoms with E-state index in [0.717, 1.165) is 24.3 Å². The molecule has 0 radical (unpaired) electrons. The lowest BCUT2D eigenvalue weighted by atomic mass is 10.2. The van der Waals surface area contributed by atoms with Gasteiger partial charge in [0, 0.05) is 0 Å². The molecule has 2 aliphatic rings. The first-order chi connectivity index (χ1) is 7.36. The van der Waals surface area contributed by atoms with Crippen LogP contribution >= 0.6 is 0 Å². The maximum Gasteiger partial charge on any atom is 0.262 e. The summed E-state index contributed by atoms with van der Waals surface area (Å²) in [5.74, 6) is 0.685. The quantitative estimate of drug-likeness (QED) is 0.652. The van der Waals surface area contributed by atoms with E-state index in [2.05, 4.69) is 5.32 Å². The Kier molecular flexibility index (Phi) is 3.02. The predicted molar refractivity (Wildman–Crippen MR) is 57.8 cm³/mol. The number of morpholine rings is 1. The highest BCUT2D eigenvalue weighted by molar-refractivity contribution is 5.81. The molecule has 0 bridgehead atoms. The minimum Gasteiger partial charge on any atom is -0.482 e. The summed E-state index contributed by atoms with van der Waals surface area (Å²) in [6.45, 7) is 0.114. The van der Waals surface area contributed by atoms with Crippen LogP contribution in [0.3, 0.4) is 0 Å². The third kappa shape index (κ3) is 2.59. The van der Waals surface area contributed by atoms with Gasteiger partial charge in [0.05, 0.1) is 5.70 Å². The molecule has 1 aliphatic carbocycles. The van der Waals surface area contributed by atoms with Gasteiger partial charge in [0.15, 0.2) is 6.61 Å². The molecule has 1 saturated heterocycles. The van der Waals surface area contributed by atoms with Crippen LogP contribution in [-0.4, -0.2) is 12.5 Å². The van der Waals surface area contributed by atoms with Crippen molar-refractivity contribution in [1.82, 2.24) is 5.32 Å². The molecule has 0 aromatic rings. The molecule has 1 aliphatic heterocycles. The standard InChI is InChI=1S/C12H13NO2/c14-12-9-15-11-8-6-4-2-1-3-5-7-10(11)13-12/h1-4,7-8H,5-6,9H2,(H,13,14)/b3-1-,4-2-,10-7?,11-8?. The lowest BCUT2D eigenvalue weighted by Crippen LogP contribution is -2.33. The van der Waals surface area contributed by atoms with E-state index in [1.54, 1.807) is 0 Å². The monoisotopic (exact) mass is 203 g/mol. The third-order valence-electron chi connectivity index (χ3n) is 2.18. The Hall–Kier alpha value is -1.77. The molecule has 2 rings (SSSR count). The Morgan fingerprint density at radius 2 is 1.87 bits per heavy atom. The number of carbonyl (C=O) groups excluding carboxylic acids is 1. The second kappa shape index (κ2) is 4.64. The number of carbonyl (C=O) groups is 1. The Bertz CT molecular complexity index is 375. The fraction of sp³-hybridized carbons (Fsp3) is 0.250. The molecule has 1 N–H and O–H groups in total. The summed E-state index contributed by atoms with van der Waals surface area (Å²) in [7, 11) is 0. The van der Waals surface area contributed by atoms with Crippen LogP contribution in [0.2, 0.25) is 0 Å². The fourth-order valence-corrected chi connectivity index (χ4v) is 1.46. The highest BCUT2D eigenvalue weighted by Crippen LogP contribution is 2.15. The smallest absolute Gasteiger partial charge is 0.262 e. The van der Waals surface area contributed by atoms with Gasteiger partial charge in [-0.1, -0.05) is 30.4 Å². The van der Waals surface area contributed by atoms with E-state index < -0.39 is 0 Å². The summed E-state index contributed by atoms with van der Waals surface area (Å²) in [4.78, 5) is 11.1. The summed E-state index contributed by atoms with van der Waals surface area (Å²) in [5.41, 5.74) is 0.784. The zero-order valence-corrected chi connectivity index (χ0v) is 8.40. The van der Waals surface area contributed by atoms with Crippen LogP contribution in [0.5, 0.6) is 0 Å². The van der Waals surface area contributed by atoms with Gasteiger partial charge in [-0.2, -0.15) is 0 Å². The molecular weight excluding hydrogens is 190 g/mol. The van der Waals surface area contributed by atoms with E-state index in [9.17, 15) is 4.79 Å². The second-order valence-electron chi connectivity index (χ2n) is 3.35. The molecule has 0 atom stereocenters. The molecular formula is C12H13NO2. The molecule has 1 heterocycles. The molecule has 78 valence electrons. The van der Waals surface area contributed by atoms with Crippen molar-refractivity contribution in [2.45, 2.75) is 12.8 Å². The fourth-order valence-electron chi connectivity index (χ4n) is 1.46. The van der Waals surface area contributed by atoms with Crippen molar-refractivity contribution in [2.24, 2.45) is 0 Å². The van der Waals surface area contributed by atoms with Gasteiger partial charge in [-0.25, -0.2) is 0 Å². The summed E-state index contributed by atoms with van der Waals surface area (Å²) >= 11 is 0.